The molecule has 0 radical (unpaired) electrons. The summed E-state index contributed by atoms with van der Waals surface area (Å²) < 4.78 is 15.8. The molecule has 1 aliphatic rings. The SMILES string of the molecule is CCN(CC)C(=O)C1=C(C)N=c2s/c(=C/c3cc(I)c(OCc4ccc(Cl)cc4Cl)c(I)c3)c(=O)n2[C@@H]1c1ccccc1OC. The lowest BCUT2D eigenvalue weighted by atomic mass is 9.94. The molecule has 2 heterocycles. The number of fused-ring (bicyclic) bond motifs is 1. The molecule has 234 valence electrons. The fourth-order valence-corrected chi connectivity index (χ4v) is 8.84. The topological polar surface area (TPSA) is 73.1 Å². The van der Waals surface area contributed by atoms with Gasteiger partial charge in [-0.05, 0) is 108 Å². The third kappa shape index (κ3) is 6.99. The van der Waals surface area contributed by atoms with E-state index >= 15 is 0 Å². The second-order valence-corrected chi connectivity index (χ2v) is 14.3. The molecule has 1 aliphatic heterocycles. The molecule has 0 bridgehead atoms. The van der Waals surface area contributed by atoms with Crippen LogP contribution in [-0.4, -0.2) is 35.6 Å². The molecule has 1 atom stereocenters. The van der Waals surface area contributed by atoms with Crippen LogP contribution >= 0.6 is 79.7 Å². The van der Waals surface area contributed by atoms with Crippen molar-refractivity contribution in [1.29, 1.82) is 0 Å². The van der Waals surface area contributed by atoms with Crippen LogP contribution in [-0.2, 0) is 11.4 Å². The third-order valence-electron chi connectivity index (χ3n) is 7.44. The van der Waals surface area contributed by atoms with Crippen molar-refractivity contribution in [1.82, 2.24) is 9.47 Å². The number of carbonyl (C=O) groups is 1. The van der Waals surface area contributed by atoms with E-state index < -0.39 is 6.04 Å². The first-order valence-corrected chi connectivity index (χ1v) is 17.8. The van der Waals surface area contributed by atoms with Crippen LogP contribution < -0.4 is 24.4 Å². The lowest BCUT2D eigenvalue weighted by Gasteiger charge is -2.29. The number of amides is 1. The van der Waals surface area contributed by atoms with E-state index in [1.54, 1.807) is 28.7 Å². The summed E-state index contributed by atoms with van der Waals surface area (Å²) in [4.78, 5) is 35.1. The highest BCUT2D eigenvalue weighted by Gasteiger charge is 2.35. The summed E-state index contributed by atoms with van der Waals surface area (Å²) in [6, 6.07) is 16.1. The minimum atomic E-state index is -0.691. The Morgan fingerprint density at radius 3 is 2.42 bits per heavy atom. The Balaban J connectivity index is 1.58. The Hall–Kier alpha value is -2.39. The van der Waals surface area contributed by atoms with Crippen LogP contribution in [0.15, 0.2) is 75.7 Å². The molecule has 0 spiro atoms. The highest BCUT2D eigenvalue weighted by molar-refractivity contribution is 14.1. The van der Waals surface area contributed by atoms with Crippen LogP contribution in [0.1, 0.15) is 43.5 Å². The molecular weight excluding hydrogens is 859 g/mol. The quantitative estimate of drug-likeness (QED) is 0.167. The van der Waals surface area contributed by atoms with E-state index in [9.17, 15) is 9.59 Å². The monoisotopic (exact) mass is 887 g/mol. The number of likely N-dealkylation sites (N-methyl/N-ethyl adjacent to an activating group) is 1. The van der Waals surface area contributed by atoms with Gasteiger partial charge in [-0.3, -0.25) is 14.2 Å². The van der Waals surface area contributed by atoms with Crippen molar-refractivity contribution in [3.8, 4) is 11.5 Å². The molecule has 0 unspecified atom stereocenters. The van der Waals surface area contributed by atoms with E-state index in [0.717, 1.165) is 29.6 Å². The molecular formula is C33H29Cl2I2N3O4S. The molecule has 1 aromatic heterocycles. The zero-order chi connectivity index (χ0) is 32.4. The standard InChI is InChI=1S/C33H29Cl2I2N3O4S/c1-5-39(6-2)32(42)28-18(3)38-33-40(29(28)22-9-7-8-10-26(22)43-4)31(41)27(45-33)15-19-13-24(36)30(25(37)14-19)44-17-20-11-12-21(34)16-23(20)35/h7-16,29H,5-6,17H2,1-4H3/b27-15+/t29-/m1/s1. The number of nitrogens with zero attached hydrogens (tertiary/aromatic N) is 3. The van der Waals surface area contributed by atoms with Gasteiger partial charge in [0.15, 0.2) is 4.80 Å². The van der Waals surface area contributed by atoms with Crippen LogP contribution in [0.2, 0.25) is 10.0 Å². The predicted molar refractivity (Wildman–Crippen MR) is 197 cm³/mol. The van der Waals surface area contributed by atoms with E-state index in [1.165, 1.54) is 11.3 Å². The number of aromatic nitrogens is 1. The average Bonchev–Trinajstić information content (AvgIpc) is 3.31. The molecule has 4 aromatic rings. The molecule has 0 N–H and O–H groups in total. The summed E-state index contributed by atoms with van der Waals surface area (Å²) in [5.74, 6) is 1.18. The van der Waals surface area contributed by atoms with Gasteiger partial charge in [0.05, 0.1) is 30.1 Å². The number of benzene rings is 3. The number of thiazole rings is 1. The van der Waals surface area contributed by atoms with Gasteiger partial charge in [0.25, 0.3) is 11.5 Å². The molecule has 45 heavy (non-hydrogen) atoms. The van der Waals surface area contributed by atoms with Crippen molar-refractivity contribution >= 4 is 91.7 Å². The number of ether oxygens (including phenoxy) is 2. The first kappa shape index (κ1) is 34.0. The summed E-state index contributed by atoms with van der Waals surface area (Å²) in [6.45, 7) is 7.08. The van der Waals surface area contributed by atoms with Gasteiger partial charge in [-0.25, -0.2) is 4.99 Å². The first-order chi connectivity index (χ1) is 21.6. The Morgan fingerprint density at radius 2 is 1.78 bits per heavy atom. The van der Waals surface area contributed by atoms with Crippen molar-refractivity contribution in [2.45, 2.75) is 33.4 Å². The van der Waals surface area contributed by atoms with Gasteiger partial charge in [-0.15, -0.1) is 0 Å². The van der Waals surface area contributed by atoms with Crippen molar-refractivity contribution < 1.29 is 14.3 Å². The zero-order valence-electron chi connectivity index (χ0n) is 24.9. The first-order valence-electron chi connectivity index (χ1n) is 14.1. The largest absolute Gasteiger partial charge is 0.496 e. The summed E-state index contributed by atoms with van der Waals surface area (Å²) in [6.07, 6.45) is 1.86. The normalized spacial score (nSPS) is 14.7. The summed E-state index contributed by atoms with van der Waals surface area (Å²) in [7, 11) is 1.59. The van der Waals surface area contributed by atoms with Gasteiger partial charge < -0.3 is 14.4 Å². The highest BCUT2D eigenvalue weighted by atomic mass is 127. The van der Waals surface area contributed by atoms with Gasteiger partial charge in [0, 0.05) is 34.3 Å². The lowest BCUT2D eigenvalue weighted by molar-refractivity contribution is -0.127. The van der Waals surface area contributed by atoms with E-state index in [0.29, 0.717) is 49.5 Å². The molecule has 0 fully saturated rings. The Labute approximate surface area is 302 Å². The average molecular weight is 888 g/mol. The maximum atomic E-state index is 14.2. The molecule has 0 saturated heterocycles. The Kier molecular flexibility index (Phi) is 11.0. The van der Waals surface area contributed by atoms with E-state index in [2.05, 4.69) is 45.2 Å². The number of hydrogen-bond donors (Lipinski definition) is 0. The fourth-order valence-electron chi connectivity index (χ4n) is 5.20. The van der Waals surface area contributed by atoms with Crippen molar-refractivity contribution in [2.75, 3.05) is 20.2 Å². The summed E-state index contributed by atoms with van der Waals surface area (Å²) >= 11 is 18.1. The highest BCUT2D eigenvalue weighted by Crippen LogP contribution is 2.36. The van der Waals surface area contributed by atoms with Gasteiger partial charge in [-0.2, -0.15) is 0 Å². The molecule has 0 saturated carbocycles. The summed E-state index contributed by atoms with van der Waals surface area (Å²) in [5, 5.41) is 1.11. The van der Waals surface area contributed by atoms with E-state index in [4.69, 9.17) is 37.7 Å². The number of carbonyl (C=O) groups excluding carboxylic acids is 1. The van der Waals surface area contributed by atoms with Gasteiger partial charge in [-0.1, -0.05) is 58.8 Å². The third-order valence-corrected chi connectivity index (χ3v) is 10.6. The minimum Gasteiger partial charge on any atom is -0.496 e. The molecule has 12 heteroatoms. The van der Waals surface area contributed by atoms with E-state index in [1.807, 2.05) is 69.3 Å². The second-order valence-electron chi connectivity index (χ2n) is 10.1. The van der Waals surface area contributed by atoms with Crippen LogP contribution in [0.5, 0.6) is 11.5 Å². The maximum Gasteiger partial charge on any atom is 0.271 e. The van der Waals surface area contributed by atoms with Crippen LogP contribution in [0.3, 0.4) is 0 Å². The smallest absolute Gasteiger partial charge is 0.271 e. The van der Waals surface area contributed by atoms with Crippen molar-refractivity contribution in [3.05, 3.63) is 119 Å². The number of allylic oxidation sites excluding steroid dienone is 1. The molecule has 1 amide bonds. The minimum absolute atomic E-state index is 0.147. The molecule has 5 rings (SSSR count). The molecule has 3 aromatic carbocycles. The molecule has 7 nitrogen and oxygen atoms in total. The van der Waals surface area contributed by atoms with Crippen LogP contribution in [0.25, 0.3) is 6.08 Å². The number of rotatable bonds is 9. The zero-order valence-corrected chi connectivity index (χ0v) is 31.5. The van der Waals surface area contributed by atoms with Crippen molar-refractivity contribution in [2.24, 2.45) is 4.99 Å². The van der Waals surface area contributed by atoms with Crippen LogP contribution in [0.4, 0.5) is 0 Å². The van der Waals surface area contributed by atoms with Crippen LogP contribution in [0, 0.1) is 7.14 Å². The van der Waals surface area contributed by atoms with Gasteiger partial charge in [0.1, 0.15) is 24.1 Å². The summed E-state index contributed by atoms with van der Waals surface area (Å²) in [5.41, 5.74) is 3.22. The maximum absolute atomic E-state index is 14.2. The molecule has 0 aliphatic carbocycles. The number of hydrogen-bond acceptors (Lipinski definition) is 6. The van der Waals surface area contributed by atoms with Gasteiger partial charge in [0.2, 0.25) is 0 Å². The van der Waals surface area contributed by atoms with Gasteiger partial charge >= 0.3 is 0 Å². The van der Waals surface area contributed by atoms with Crippen molar-refractivity contribution in [3.63, 3.8) is 0 Å². The van der Waals surface area contributed by atoms with E-state index in [-0.39, 0.29) is 18.1 Å². The number of halogens is 4. The second kappa shape index (κ2) is 14.6. The Bertz CT molecular complexity index is 1980. The number of para-hydroxylation sites is 1. The number of methoxy groups -OCH3 is 1. The fraction of sp³-hybridized carbons (Fsp3) is 0.242. The Morgan fingerprint density at radius 1 is 1.09 bits per heavy atom. The lowest BCUT2D eigenvalue weighted by Crippen LogP contribution is -2.43. The predicted octanol–water partition coefficient (Wildman–Crippen LogP) is 7.21.